The monoisotopic (exact) mass is 264 g/mol. The van der Waals surface area contributed by atoms with E-state index in [-0.39, 0.29) is 23.8 Å². The van der Waals surface area contributed by atoms with E-state index < -0.39 is 23.4 Å². The summed E-state index contributed by atoms with van der Waals surface area (Å²) in [6, 6.07) is 3.38. The van der Waals surface area contributed by atoms with Crippen molar-refractivity contribution in [1.82, 2.24) is 5.32 Å². The number of amides is 2. The van der Waals surface area contributed by atoms with Crippen LogP contribution in [0.3, 0.4) is 0 Å². The van der Waals surface area contributed by atoms with Crippen LogP contribution < -0.4 is 10.2 Å². The van der Waals surface area contributed by atoms with E-state index in [2.05, 4.69) is 5.32 Å². The van der Waals surface area contributed by atoms with Gasteiger partial charge >= 0.3 is 0 Å². The van der Waals surface area contributed by atoms with Crippen LogP contribution in [0.1, 0.15) is 24.2 Å². The van der Waals surface area contributed by atoms with Crippen molar-refractivity contribution in [1.29, 1.82) is 0 Å². The van der Waals surface area contributed by atoms with Crippen molar-refractivity contribution in [3.05, 3.63) is 29.6 Å². The Bertz CT molecular complexity index is 569. The van der Waals surface area contributed by atoms with Crippen LogP contribution >= 0.6 is 0 Å². The number of carbonyl (C=O) groups excluding carboxylic acids is 3. The molecule has 1 aromatic rings. The highest BCUT2D eigenvalue weighted by Gasteiger charge is 2.37. The summed E-state index contributed by atoms with van der Waals surface area (Å²) >= 11 is 0. The smallest absolute Gasteiger partial charge is 0.299 e. The molecule has 1 aliphatic rings. The highest BCUT2D eigenvalue weighted by molar-refractivity contribution is 6.52. The molecule has 1 heterocycles. The van der Waals surface area contributed by atoms with Gasteiger partial charge in [0, 0.05) is 6.04 Å². The van der Waals surface area contributed by atoms with Gasteiger partial charge in [0.15, 0.2) is 0 Å². The maximum atomic E-state index is 13.2. The van der Waals surface area contributed by atoms with E-state index in [0.717, 1.165) is 17.0 Å². The van der Waals surface area contributed by atoms with Crippen LogP contribution in [-0.4, -0.2) is 30.2 Å². The predicted octanol–water partition coefficient (Wildman–Crippen LogP) is 0.880. The van der Waals surface area contributed by atoms with Crippen LogP contribution in [0, 0.1) is 5.82 Å². The van der Waals surface area contributed by atoms with Crippen molar-refractivity contribution in [3.63, 3.8) is 0 Å². The first-order chi connectivity index (χ1) is 8.90. The summed E-state index contributed by atoms with van der Waals surface area (Å²) in [5, 5.41) is 2.61. The van der Waals surface area contributed by atoms with E-state index in [1.54, 1.807) is 13.8 Å². The lowest BCUT2D eigenvalue weighted by Crippen LogP contribution is -2.42. The number of hydrogen-bond acceptors (Lipinski definition) is 3. The minimum atomic E-state index is -0.806. The molecule has 19 heavy (non-hydrogen) atoms. The lowest BCUT2D eigenvalue weighted by molar-refractivity contribution is -0.122. The number of rotatable bonds is 3. The van der Waals surface area contributed by atoms with Crippen LogP contribution in [0.2, 0.25) is 0 Å². The van der Waals surface area contributed by atoms with E-state index in [9.17, 15) is 18.8 Å². The zero-order valence-electron chi connectivity index (χ0n) is 10.6. The van der Waals surface area contributed by atoms with Crippen molar-refractivity contribution in [2.45, 2.75) is 19.9 Å². The number of ketones is 1. The van der Waals surface area contributed by atoms with Crippen molar-refractivity contribution < 1.29 is 18.8 Å². The van der Waals surface area contributed by atoms with E-state index in [4.69, 9.17) is 0 Å². The lowest BCUT2D eigenvalue weighted by Gasteiger charge is -2.17. The quantitative estimate of drug-likeness (QED) is 0.824. The molecule has 5 nitrogen and oxygen atoms in total. The molecule has 0 atom stereocenters. The summed E-state index contributed by atoms with van der Waals surface area (Å²) < 4.78 is 13.2. The Labute approximate surface area is 109 Å². The molecule has 0 aromatic heterocycles. The summed E-state index contributed by atoms with van der Waals surface area (Å²) in [6.45, 7) is 3.27. The van der Waals surface area contributed by atoms with E-state index in [1.165, 1.54) is 6.07 Å². The Balaban J connectivity index is 2.28. The molecule has 0 aliphatic carbocycles. The highest BCUT2D eigenvalue weighted by atomic mass is 19.1. The number of hydrogen-bond donors (Lipinski definition) is 1. The van der Waals surface area contributed by atoms with Gasteiger partial charge in [-0.3, -0.25) is 19.3 Å². The van der Waals surface area contributed by atoms with Gasteiger partial charge < -0.3 is 5.32 Å². The van der Waals surface area contributed by atoms with Crippen LogP contribution in [0.4, 0.5) is 10.1 Å². The Morgan fingerprint density at radius 1 is 1.37 bits per heavy atom. The van der Waals surface area contributed by atoms with Crippen LogP contribution in [0.15, 0.2) is 18.2 Å². The second kappa shape index (κ2) is 4.79. The average molecular weight is 264 g/mol. The number of benzene rings is 1. The molecule has 0 unspecified atom stereocenters. The average Bonchev–Trinajstić information content (AvgIpc) is 2.53. The molecule has 2 rings (SSSR count). The molecule has 0 bridgehead atoms. The van der Waals surface area contributed by atoms with Crippen LogP contribution in [0.25, 0.3) is 0 Å². The minimum Gasteiger partial charge on any atom is -0.352 e. The van der Waals surface area contributed by atoms with Crippen molar-refractivity contribution in [2.75, 3.05) is 11.4 Å². The fraction of sp³-hybridized carbons (Fsp3) is 0.308. The molecule has 0 saturated carbocycles. The first-order valence-electron chi connectivity index (χ1n) is 5.85. The number of anilines is 1. The van der Waals surface area contributed by atoms with Crippen molar-refractivity contribution >= 4 is 23.3 Å². The van der Waals surface area contributed by atoms with Gasteiger partial charge in [-0.15, -0.1) is 0 Å². The fourth-order valence-electron chi connectivity index (χ4n) is 1.94. The Morgan fingerprint density at radius 3 is 2.68 bits per heavy atom. The number of Topliss-reactive ketones (excluding diaryl/α,β-unsaturated/α-hetero) is 1. The SMILES string of the molecule is CC(C)NC(=O)CN1C(=O)C(=O)c2ccc(F)cc21. The van der Waals surface area contributed by atoms with Gasteiger partial charge in [0.25, 0.3) is 11.7 Å². The van der Waals surface area contributed by atoms with Gasteiger partial charge in [-0.05, 0) is 32.0 Å². The molecular weight excluding hydrogens is 251 g/mol. The predicted molar refractivity (Wildman–Crippen MR) is 66.4 cm³/mol. The molecule has 0 saturated heterocycles. The minimum absolute atomic E-state index is 0.0760. The third-order valence-electron chi connectivity index (χ3n) is 2.69. The van der Waals surface area contributed by atoms with Gasteiger partial charge in [-0.25, -0.2) is 4.39 Å². The zero-order chi connectivity index (χ0) is 14.2. The number of nitrogens with one attached hydrogen (secondary N) is 1. The summed E-state index contributed by atoms with van der Waals surface area (Å²) in [6.07, 6.45) is 0. The third kappa shape index (κ3) is 2.47. The third-order valence-corrected chi connectivity index (χ3v) is 2.69. The zero-order valence-corrected chi connectivity index (χ0v) is 10.6. The van der Waals surface area contributed by atoms with Gasteiger partial charge in [-0.1, -0.05) is 0 Å². The van der Waals surface area contributed by atoms with Gasteiger partial charge in [0.05, 0.1) is 11.3 Å². The number of nitrogens with zero attached hydrogens (tertiary/aromatic N) is 1. The first kappa shape index (κ1) is 13.2. The normalized spacial score (nSPS) is 14.0. The van der Waals surface area contributed by atoms with Crippen LogP contribution in [-0.2, 0) is 9.59 Å². The Hall–Kier alpha value is -2.24. The highest BCUT2D eigenvalue weighted by Crippen LogP contribution is 2.29. The summed E-state index contributed by atoms with van der Waals surface area (Å²) in [5.74, 6) is -2.48. The maximum Gasteiger partial charge on any atom is 0.299 e. The Kier molecular flexibility index (Phi) is 3.33. The largest absolute Gasteiger partial charge is 0.352 e. The molecule has 1 aliphatic heterocycles. The van der Waals surface area contributed by atoms with E-state index in [0.29, 0.717) is 0 Å². The first-order valence-corrected chi connectivity index (χ1v) is 5.85. The maximum absolute atomic E-state index is 13.2. The van der Waals surface area contributed by atoms with Crippen LogP contribution in [0.5, 0.6) is 0 Å². The van der Waals surface area contributed by atoms with Crippen molar-refractivity contribution in [2.24, 2.45) is 0 Å². The lowest BCUT2D eigenvalue weighted by atomic mass is 10.1. The number of halogens is 1. The second-order valence-electron chi connectivity index (χ2n) is 4.60. The molecule has 100 valence electrons. The summed E-state index contributed by atoms with van der Waals surface area (Å²) in [7, 11) is 0. The van der Waals surface area contributed by atoms with Gasteiger partial charge in [-0.2, -0.15) is 0 Å². The molecule has 0 fully saturated rings. The number of carbonyl (C=O) groups is 3. The van der Waals surface area contributed by atoms with Gasteiger partial charge in [0.1, 0.15) is 12.4 Å². The molecule has 0 radical (unpaired) electrons. The molecule has 2 amide bonds. The van der Waals surface area contributed by atoms with E-state index >= 15 is 0 Å². The molecule has 6 heteroatoms. The molecule has 1 aromatic carbocycles. The summed E-state index contributed by atoms with van der Waals surface area (Å²) in [5.41, 5.74) is 0.276. The Morgan fingerprint density at radius 2 is 2.05 bits per heavy atom. The summed E-state index contributed by atoms with van der Waals surface area (Å²) in [4.78, 5) is 36.1. The standard InChI is InChI=1S/C13H13FN2O3/c1-7(2)15-11(17)6-16-10-5-8(14)3-4-9(10)12(18)13(16)19/h3-5,7H,6H2,1-2H3,(H,15,17). The molecule has 1 N–H and O–H groups in total. The second-order valence-corrected chi connectivity index (χ2v) is 4.60. The molecule has 0 spiro atoms. The van der Waals surface area contributed by atoms with Crippen molar-refractivity contribution in [3.8, 4) is 0 Å². The number of fused-ring (bicyclic) bond motifs is 1. The molecular formula is C13H13FN2O3. The van der Waals surface area contributed by atoms with Gasteiger partial charge in [0.2, 0.25) is 5.91 Å². The topological polar surface area (TPSA) is 66.5 Å². The van der Waals surface area contributed by atoms with E-state index in [1.807, 2.05) is 0 Å². The fourth-order valence-corrected chi connectivity index (χ4v) is 1.94.